The molecular formula is C9H10N2OS. The van der Waals surface area contributed by atoms with E-state index in [1.165, 1.54) is 24.2 Å². The summed E-state index contributed by atoms with van der Waals surface area (Å²) in [6.07, 6.45) is 2.45. The summed E-state index contributed by atoms with van der Waals surface area (Å²) in [5, 5.41) is 9.94. The van der Waals surface area contributed by atoms with Crippen molar-refractivity contribution in [1.82, 2.24) is 4.98 Å². The average molecular weight is 194 g/mol. The summed E-state index contributed by atoms with van der Waals surface area (Å²) in [7, 11) is 1.62. The second kappa shape index (κ2) is 3.44. The molecule has 0 radical (unpaired) electrons. The van der Waals surface area contributed by atoms with Crippen molar-refractivity contribution in [2.24, 2.45) is 0 Å². The number of methoxy groups -OCH3 is 1. The number of aromatic nitrogens is 1. The lowest BCUT2D eigenvalue weighted by molar-refractivity contribution is 0.181. The molecule has 0 spiro atoms. The normalized spacial score (nSPS) is 15.7. The molecule has 3 nitrogen and oxygen atoms in total. The Hall–Kier alpha value is -0.920. The first-order valence-electron chi connectivity index (χ1n) is 4.23. The van der Waals surface area contributed by atoms with Crippen molar-refractivity contribution < 1.29 is 4.74 Å². The summed E-state index contributed by atoms with van der Waals surface area (Å²) in [6.45, 7) is 0.451. The highest BCUT2D eigenvalue weighted by atomic mass is 32.1. The van der Waals surface area contributed by atoms with Crippen molar-refractivity contribution >= 4 is 11.3 Å². The number of rotatable bonds is 3. The Morgan fingerprint density at radius 3 is 3.00 bits per heavy atom. The minimum absolute atomic E-state index is 0.451. The standard InChI is InChI=1S/C9H10N2OS/c1-12-5-7-8(4-10)13-9(11-7)6-2-3-6/h6H,2-3,5H2,1H3. The van der Waals surface area contributed by atoms with E-state index < -0.39 is 0 Å². The summed E-state index contributed by atoms with van der Waals surface area (Å²) in [5.41, 5.74) is 0.803. The lowest BCUT2D eigenvalue weighted by atomic mass is 10.4. The molecule has 1 saturated carbocycles. The molecule has 1 fully saturated rings. The van der Waals surface area contributed by atoms with Gasteiger partial charge in [-0.05, 0) is 12.8 Å². The molecule has 1 aliphatic carbocycles. The van der Waals surface area contributed by atoms with Gasteiger partial charge in [0.2, 0.25) is 0 Å². The Kier molecular flexibility index (Phi) is 2.30. The van der Waals surface area contributed by atoms with Crippen molar-refractivity contribution in [3.05, 3.63) is 15.6 Å². The predicted octanol–water partition coefficient (Wildman–Crippen LogP) is 2.04. The SMILES string of the molecule is COCc1nc(C2CC2)sc1C#N. The Labute approximate surface area is 81.0 Å². The lowest BCUT2D eigenvalue weighted by Crippen LogP contribution is -1.90. The zero-order valence-electron chi connectivity index (χ0n) is 7.41. The van der Waals surface area contributed by atoms with Crippen LogP contribution in [0, 0.1) is 11.3 Å². The molecule has 2 rings (SSSR count). The molecule has 0 bridgehead atoms. The van der Waals surface area contributed by atoms with Crippen LogP contribution in [-0.2, 0) is 11.3 Å². The first-order valence-corrected chi connectivity index (χ1v) is 5.05. The molecule has 4 heteroatoms. The molecule has 13 heavy (non-hydrogen) atoms. The van der Waals surface area contributed by atoms with Gasteiger partial charge in [0.25, 0.3) is 0 Å². The van der Waals surface area contributed by atoms with Gasteiger partial charge >= 0.3 is 0 Å². The average Bonchev–Trinajstić information content (AvgIpc) is 2.90. The van der Waals surface area contributed by atoms with E-state index >= 15 is 0 Å². The van der Waals surface area contributed by atoms with E-state index in [0.29, 0.717) is 17.4 Å². The van der Waals surface area contributed by atoms with Crippen molar-refractivity contribution in [2.75, 3.05) is 7.11 Å². The van der Waals surface area contributed by atoms with Crippen molar-refractivity contribution in [1.29, 1.82) is 5.26 Å². The summed E-state index contributed by atoms with van der Waals surface area (Å²) < 4.78 is 4.98. The first-order chi connectivity index (χ1) is 6.35. The fraction of sp³-hybridized carbons (Fsp3) is 0.556. The maximum atomic E-state index is 8.83. The molecule has 0 atom stereocenters. The maximum absolute atomic E-state index is 8.83. The molecule has 0 amide bonds. The molecule has 0 aromatic carbocycles. The molecule has 1 aromatic heterocycles. The van der Waals surface area contributed by atoms with Crippen LogP contribution in [0.4, 0.5) is 0 Å². The third kappa shape index (κ3) is 1.71. The van der Waals surface area contributed by atoms with Gasteiger partial charge in [-0.15, -0.1) is 11.3 Å². The van der Waals surface area contributed by atoms with Gasteiger partial charge in [-0.2, -0.15) is 5.26 Å². The van der Waals surface area contributed by atoms with Gasteiger partial charge in [0.15, 0.2) is 0 Å². The summed E-state index contributed by atoms with van der Waals surface area (Å²) >= 11 is 1.52. The lowest BCUT2D eigenvalue weighted by Gasteiger charge is -1.92. The highest BCUT2D eigenvalue weighted by Crippen LogP contribution is 2.42. The van der Waals surface area contributed by atoms with E-state index in [4.69, 9.17) is 10.00 Å². The molecule has 1 aromatic rings. The minimum atomic E-state index is 0.451. The molecule has 68 valence electrons. The van der Waals surface area contributed by atoms with E-state index in [0.717, 1.165) is 10.7 Å². The number of hydrogen-bond donors (Lipinski definition) is 0. The van der Waals surface area contributed by atoms with E-state index in [2.05, 4.69) is 11.1 Å². The third-order valence-electron chi connectivity index (χ3n) is 2.02. The zero-order chi connectivity index (χ0) is 9.26. The number of nitrogens with zero attached hydrogens (tertiary/aromatic N) is 2. The van der Waals surface area contributed by atoms with Crippen LogP contribution in [0.25, 0.3) is 0 Å². The van der Waals surface area contributed by atoms with E-state index in [1.54, 1.807) is 7.11 Å². The van der Waals surface area contributed by atoms with Gasteiger partial charge in [-0.3, -0.25) is 0 Å². The van der Waals surface area contributed by atoms with Crippen molar-refractivity contribution in [2.45, 2.75) is 25.4 Å². The highest BCUT2D eigenvalue weighted by molar-refractivity contribution is 7.12. The second-order valence-electron chi connectivity index (χ2n) is 3.15. The zero-order valence-corrected chi connectivity index (χ0v) is 8.23. The van der Waals surface area contributed by atoms with Crippen LogP contribution in [0.2, 0.25) is 0 Å². The Bertz CT molecular complexity index is 349. The number of hydrogen-bond acceptors (Lipinski definition) is 4. The second-order valence-corrected chi connectivity index (χ2v) is 4.18. The topological polar surface area (TPSA) is 45.9 Å². The molecule has 0 unspecified atom stereocenters. The fourth-order valence-electron chi connectivity index (χ4n) is 1.20. The quantitative estimate of drug-likeness (QED) is 0.739. The van der Waals surface area contributed by atoms with Gasteiger partial charge in [-0.1, -0.05) is 0 Å². The minimum Gasteiger partial charge on any atom is -0.378 e. The molecule has 0 N–H and O–H groups in total. The number of nitriles is 1. The molecule has 0 aliphatic heterocycles. The van der Waals surface area contributed by atoms with Gasteiger partial charge in [-0.25, -0.2) is 4.98 Å². The van der Waals surface area contributed by atoms with Crippen LogP contribution in [0.3, 0.4) is 0 Å². The third-order valence-corrected chi connectivity index (χ3v) is 3.19. The monoisotopic (exact) mass is 194 g/mol. The van der Waals surface area contributed by atoms with Crippen LogP contribution in [-0.4, -0.2) is 12.1 Å². The Balaban J connectivity index is 2.26. The van der Waals surface area contributed by atoms with Crippen LogP contribution < -0.4 is 0 Å². The molecular weight excluding hydrogens is 184 g/mol. The Morgan fingerprint density at radius 2 is 2.46 bits per heavy atom. The largest absolute Gasteiger partial charge is 0.378 e. The van der Waals surface area contributed by atoms with Gasteiger partial charge in [0, 0.05) is 13.0 Å². The van der Waals surface area contributed by atoms with Gasteiger partial charge in [0.1, 0.15) is 10.9 Å². The highest BCUT2D eigenvalue weighted by Gasteiger charge is 2.28. The molecule has 1 heterocycles. The smallest absolute Gasteiger partial charge is 0.130 e. The van der Waals surface area contributed by atoms with Crippen LogP contribution in [0.1, 0.15) is 34.3 Å². The maximum Gasteiger partial charge on any atom is 0.130 e. The summed E-state index contributed by atoms with van der Waals surface area (Å²) in [6, 6.07) is 2.16. The Morgan fingerprint density at radius 1 is 1.69 bits per heavy atom. The molecule has 0 saturated heterocycles. The van der Waals surface area contributed by atoms with Crippen LogP contribution in [0.5, 0.6) is 0 Å². The molecule has 1 aliphatic rings. The van der Waals surface area contributed by atoms with E-state index in [1.807, 2.05) is 0 Å². The van der Waals surface area contributed by atoms with Crippen LogP contribution in [0.15, 0.2) is 0 Å². The van der Waals surface area contributed by atoms with Crippen LogP contribution >= 0.6 is 11.3 Å². The van der Waals surface area contributed by atoms with Crippen molar-refractivity contribution in [3.8, 4) is 6.07 Å². The summed E-state index contributed by atoms with van der Waals surface area (Å²) in [4.78, 5) is 5.12. The van der Waals surface area contributed by atoms with Crippen molar-refractivity contribution in [3.63, 3.8) is 0 Å². The number of thiazole rings is 1. The van der Waals surface area contributed by atoms with Gasteiger partial charge in [0.05, 0.1) is 17.3 Å². The predicted molar refractivity (Wildman–Crippen MR) is 49.5 cm³/mol. The van der Waals surface area contributed by atoms with E-state index in [-0.39, 0.29) is 0 Å². The first kappa shape index (κ1) is 8.67. The number of ether oxygens (including phenoxy) is 1. The van der Waals surface area contributed by atoms with E-state index in [9.17, 15) is 0 Å². The van der Waals surface area contributed by atoms with Gasteiger partial charge < -0.3 is 4.74 Å². The summed E-state index contributed by atoms with van der Waals surface area (Å²) in [5.74, 6) is 0.628. The fourth-order valence-corrected chi connectivity index (χ4v) is 2.23.